The minimum atomic E-state index is -4.42. The number of nitrogens with zero attached hydrogens (tertiary/aromatic N) is 3. The Balaban J connectivity index is 2.50. The lowest BCUT2D eigenvalue weighted by Gasteiger charge is -2.13. The van der Waals surface area contributed by atoms with Gasteiger partial charge in [0.2, 0.25) is 0 Å². The summed E-state index contributed by atoms with van der Waals surface area (Å²) in [6.45, 7) is 5.32. The predicted octanol–water partition coefficient (Wildman–Crippen LogP) is 3.88. The molecule has 24 heavy (non-hydrogen) atoms. The van der Waals surface area contributed by atoms with Gasteiger partial charge in [0, 0.05) is 4.90 Å². The Hall–Kier alpha value is -2.03. The topological polar surface area (TPSA) is 57.0 Å². The minimum Gasteiger partial charge on any atom is -0.461 e. The molecule has 0 aliphatic heterocycles. The molecule has 0 unspecified atom stereocenters. The molecule has 0 spiro atoms. The molecule has 130 valence electrons. The van der Waals surface area contributed by atoms with E-state index in [-0.39, 0.29) is 12.3 Å². The van der Waals surface area contributed by atoms with Crippen LogP contribution in [-0.2, 0) is 10.9 Å². The molecular formula is C15H16F3N3O2S. The van der Waals surface area contributed by atoms with Crippen molar-refractivity contribution in [2.75, 3.05) is 12.4 Å². The third-order valence-electron chi connectivity index (χ3n) is 3.18. The van der Waals surface area contributed by atoms with Crippen LogP contribution in [0.2, 0.25) is 0 Å². The van der Waals surface area contributed by atoms with Gasteiger partial charge in [-0.1, -0.05) is 12.1 Å². The highest BCUT2D eigenvalue weighted by Crippen LogP contribution is 2.35. The largest absolute Gasteiger partial charge is 0.461 e. The van der Waals surface area contributed by atoms with E-state index in [4.69, 9.17) is 4.74 Å². The molecule has 0 aliphatic rings. The van der Waals surface area contributed by atoms with Gasteiger partial charge in [-0.2, -0.15) is 13.2 Å². The van der Waals surface area contributed by atoms with Crippen LogP contribution in [-0.4, -0.2) is 33.3 Å². The molecule has 9 heteroatoms. The normalized spacial score (nSPS) is 11.6. The lowest BCUT2D eigenvalue weighted by Crippen LogP contribution is -2.09. The molecule has 1 aromatic carbocycles. The predicted molar refractivity (Wildman–Crippen MR) is 83.5 cm³/mol. The summed E-state index contributed by atoms with van der Waals surface area (Å²) in [5.74, 6) is -0.0230. The third kappa shape index (κ3) is 3.72. The fourth-order valence-corrected chi connectivity index (χ4v) is 2.91. The molecule has 0 amide bonds. The Labute approximate surface area is 141 Å². The summed E-state index contributed by atoms with van der Waals surface area (Å²) in [7, 11) is 0. The highest BCUT2D eigenvalue weighted by molar-refractivity contribution is 7.99. The second kappa shape index (κ2) is 7.25. The summed E-state index contributed by atoms with van der Waals surface area (Å²) in [4.78, 5) is 12.2. The van der Waals surface area contributed by atoms with Crippen molar-refractivity contribution in [3.8, 4) is 5.69 Å². The van der Waals surface area contributed by atoms with Crippen molar-refractivity contribution in [1.29, 1.82) is 0 Å². The molecule has 0 N–H and O–H groups in total. The second-order valence-electron chi connectivity index (χ2n) is 4.77. The van der Waals surface area contributed by atoms with E-state index in [0.29, 0.717) is 22.0 Å². The summed E-state index contributed by atoms with van der Waals surface area (Å²) in [6.07, 6.45) is -4.42. The maximum absolute atomic E-state index is 12.9. The van der Waals surface area contributed by atoms with Crippen LogP contribution >= 0.6 is 11.8 Å². The minimum absolute atomic E-state index is 0.0456. The van der Waals surface area contributed by atoms with Gasteiger partial charge in [-0.3, -0.25) is 0 Å². The lowest BCUT2D eigenvalue weighted by atomic mass is 10.2. The Bertz CT molecular complexity index is 744. The molecule has 1 aromatic heterocycles. The summed E-state index contributed by atoms with van der Waals surface area (Å²) >= 11 is 1.26. The summed E-state index contributed by atoms with van der Waals surface area (Å²) in [6, 6.07) is 3.40. The molecule has 1 heterocycles. The monoisotopic (exact) mass is 359 g/mol. The molecule has 0 saturated heterocycles. The van der Waals surface area contributed by atoms with Gasteiger partial charge < -0.3 is 4.74 Å². The Morgan fingerprint density at radius 2 is 2.04 bits per heavy atom. The number of carbonyl (C=O) groups is 1. The number of carbonyl (C=O) groups excluding carboxylic acids is 1. The van der Waals surface area contributed by atoms with Crippen LogP contribution in [0.4, 0.5) is 13.2 Å². The molecule has 0 bridgehead atoms. The van der Waals surface area contributed by atoms with Crippen LogP contribution in [0.25, 0.3) is 5.69 Å². The van der Waals surface area contributed by atoms with Crippen LogP contribution < -0.4 is 0 Å². The van der Waals surface area contributed by atoms with Crippen molar-refractivity contribution in [3.05, 3.63) is 35.2 Å². The van der Waals surface area contributed by atoms with Crippen LogP contribution in [0.3, 0.4) is 0 Å². The van der Waals surface area contributed by atoms with Crippen LogP contribution in [0.15, 0.2) is 23.1 Å². The molecule has 0 radical (unpaired) electrons. The summed E-state index contributed by atoms with van der Waals surface area (Å²) in [5.41, 5.74) is 0.163. The average Bonchev–Trinajstić information content (AvgIpc) is 2.88. The van der Waals surface area contributed by atoms with Crippen molar-refractivity contribution in [2.24, 2.45) is 0 Å². The van der Waals surface area contributed by atoms with E-state index in [0.717, 1.165) is 12.1 Å². The standard InChI is InChI=1S/C15H16F3N3O2S/c1-4-23-14(22)13-9(3)21(20-19-13)11-7-6-10(15(16,17)18)8-12(11)24-5-2/h6-8H,4-5H2,1-3H3. The Morgan fingerprint density at radius 1 is 1.33 bits per heavy atom. The summed E-state index contributed by atoms with van der Waals surface area (Å²) in [5, 5.41) is 7.69. The van der Waals surface area contributed by atoms with E-state index < -0.39 is 17.7 Å². The Morgan fingerprint density at radius 3 is 2.62 bits per heavy atom. The van der Waals surface area contributed by atoms with E-state index >= 15 is 0 Å². The maximum Gasteiger partial charge on any atom is 0.416 e. The smallest absolute Gasteiger partial charge is 0.416 e. The number of hydrogen-bond donors (Lipinski definition) is 0. The van der Waals surface area contributed by atoms with Crippen molar-refractivity contribution in [3.63, 3.8) is 0 Å². The van der Waals surface area contributed by atoms with Crippen molar-refractivity contribution in [2.45, 2.75) is 31.8 Å². The van der Waals surface area contributed by atoms with Gasteiger partial charge in [0.15, 0.2) is 5.69 Å². The molecule has 0 saturated carbocycles. The number of halogens is 3. The highest BCUT2D eigenvalue weighted by atomic mass is 32.2. The second-order valence-corrected chi connectivity index (χ2v) is 6.07. The number of benzene rings is 1. The summed E-state index contributed by atoms with van der Waals surface area (Å²) < 4.78 is 45.0. The zero-order chi connectivity index (χ0) is 17.9. The van der Waals surface area contributed by atoms with E-state index in [1.807, 2.05) is 6.92 Å². The third-order valence-corrected chi connectivity index (χ3v) is 4.11. The molecule has 0 fully saturated rings. The average molecular weight is 359 g/mol. The first-order valence-electron chi connectivity index (χ1n) is 7.23. The van der Waals surface area contributed by atoms with E-state index in [2.05, 4.69) is 10.3 Å². The fraction of sp³-hybridized carbons (Fsp3) is 0.400. The van der Waals surface area contributed by atoms with Crippen LogP contribution in [0.5, 0.6) is 0 Å². The molecule has 2 aromatic rings. The lowest BCUT2D eigenvalue weighted by molar-refractivity contribution is -0.137. The van der Waals surface area contributed by atoms with Gasteiger partial charge in [0.25, 0.3) is 0 Å². The first-order chi connectivity index (χ1) is 11.3. The number of esters is 1. The number of ether oxygens (including phenoxy) is 1. The zero-order valence-electron chi connectivity index (χ0n) is 13.3. The number of thioether (sulfide) groups is 1. The van der Waals surface area contributed by atoms with Crippen molar-refractivity contribution in [1.82, 2.24) is 15.0 Å². The zero-order valence-corrected chi connectivity index (χ0v) is 14.2. The SMILES string of the molecule is CCOC(=O)c1nnn(-c2ccc(C(F)(F)F)cc2SCC)c1C. The van der Waals surface area contributed by atoms with Crippen molar-refractivity contribution < 1.29 is 22.7 Å². The Kier molecular flexibility index (Phi) is 5.53. The molecular weight excluding hydrogens is 343 g/mol. The van der Waals surface area contributed by atoms with Gasteiger partial charge in [-0.15, -0.1) is 16.9 Å². The number of alkyl halides is 3. The van der Waals surface area contributed by atoms with E-state index in [1.165, 1.54) is 22.5 Å². The van der Waals surface area contributed by atoms with Crippen molar-refractivity contribution >= 4 is 17.7 Å². The number of rotatable bonds is 5. The van der Waals surface area contributed by atoms with Gasteiger partial charge in [-0.05, 0) is 37.8 Å². The van der Waals surface area contributed by atoms with Gasteiger partial charge >= 0.3 is 12.1 Å². The number of aromatic nitrogens is 3. The van der Waals surface area contributed by atoms with Crippen LogP contribution in [0, 0.1) is 6.92 Å². The van der Waals surface area contributed by atoms with E-state index in [9.17, 15) is 18.0 Å². The fourth-order valence-electron chi connectivity index (χ4n) is 2.08. The first-order valence-corrected chi connectivity index (χ1v) is 8.22. The van der Waals surface area contributed by atoms with Crippen LogP contribution in [0.1, 0.15) is 35.6 Å². The first kappa shape index (κ1) is 18.3. The number of hydrogen-bond acceptors (Lipinski definition) is 5. The molecule has 0 atom stereocenters. The van der Waals surface area contributed by atoms with Gasteiger partial charge in [0.05, 0.1) is 23.6 Å². The maximum atomic E-state index is 12.9. The molecule has 2 rings (SSSR count). The van der Waals surface area contributed by atoms with Gasteiger partial charge in [0.1, 0.15) is 0 Å². The highest BCUT2D eigenvalue weighted by Gasteiger charge is 2.31. The quantitative estimate of drug-likeness (QED) is 0.599. The van der Waals surface area contributed by atoms with E-state index in [1.54, 1.807) is 13.8 Å². The molecule has 5 nitrogen and oxygen atoms in total. The van der Waals surface area contributed by atoms with Gasteiger partial charge in [-0.25, -0.2) is 9.48 Å². The molecule has 0 aliphatic carbocycles.